The van der Waals surface area contributed by atoms with Crippen molar-refractivity contribution in [2.75, 3.05) is 0 Å². The van der Waals surface area contributed by atoms with Gasteiger partial charge in [0.2, 0.25) is 0 Å². The number of aryl methyl sites for hydroxylation is 2. The summed E-state index contributed by atoms with van der Waals surface area (Å²) in [5.74, 6) is -0.938. The third kappa shape index (κ3) is 3.83. The van der Waals surface area contributed by atoms with Gasteiger partial charge < -0.3 is 10.8 Å². The van der Waals surface area contributed by atoms with Crippen molar-refractivity contribution in [2.24, 2.45) is 5.73 Å². The second kappa shape index (κ2) is 5.87. The number of halogens is 1. The summed E-state index contributed by atoms with van der Waals surface area (Å²) in [7, 11) is 0. The molecule has 0 saturated heterocycles. The third-order valence-corrected chi connectivity index (χ3v) is 2.94. The molecular formula is C12H16ClNO2. The quantitative estimate of drug-likeness (QED) is 0.832. The first-order valence-electron chi connectivity index (χ1n) is 5.24. The second-order valence-corrected chi connectivity index (χ2v) is 4.33. The Morgan fingerprint density at radius 3 is 2.81 bits per heavy atom. The Kier molecular flexibility index (Phi) is 4.77. The number of hydrogen-bond acceptors (Lipinski definition) is 2. The van der Waals surface area contributed by atoms with Gasteiger partial charge in [-0.05, 0) is 43.4 Å². The van der Waals surface area contributed by atoms with E-state index in [-0.39, 0.29) is 0 Å². The van der Waals surface area contributed by atoms with Crippen LogP contribution in [0.4, 0.5) is 0 Å². The van der Waals surface area contributed by atoms with E-state index in [0.717, 1.165) is 23.4 Å². The van der Waals surface area contributed by atoms with Crippen LogP contribution in [0.15, 0.2) is 18.2 Å². The highest BCUT2D eigenvalue weighted by Crippen LogP contribution is 2.17. The van der Waals surface area contributed by atoms with Gasteiger partial charge in [-0.15, -0.1) is 0 Å². The highest BCUT2D eigenvalue weighted by molar-refractivity contribution is 6.31. The summed E-state index contributed by atoms with van der Waals surface area (Å²) in [6.45, 7) is 1.95. The van der Waals surface area contributed by atoms with Crippen molar-refractivity contribution < 1.29 is 9.90 Å². The predicted molar refractivity (Wildman–Crippen MR) is 64.7 cm³/mol. The second-order valence-electron chi connectivity index (χ2n) is 3.92. The number of carbonyl (C=O) groups is 1. The van der Waals surface area contributed by atoms with Crippen LogP contribution in [-0.4, -0.2) is 17.1 Å². The van der Waals surface area contributed by atoms with Crippen molar-refractivity contribution in [2.45, 2.75) is 32.2 Å². The first-order valence-corrected chi connectivity index (χ1v) is 5.62. The Morgan fingerprint density at radius 1 is 1.56 bits per heavy atom. The monoisotopic (exact) mass is 241 g/mol. The predicted octanol–water partition coefficient (Wildman–Crippen LogP) is 2.38. The first-order chi connectivity index (χ1) is 7.50. The first kappa shape index (κ1) is 13.0. The maximum absolute atomic E-state index is 10.5. The summed E-state index contributed by atoms with van der Waals surface area (Å²) in [5, 5.41) is 9.37. The Balaban J connectivity index is 2.43. The molecule has 0 heterocycles. The van der Waals surface area contributed by atoms with Crippen LogP contribution in [0.5, 0.6) is 0 Å². The summed E-state index contributed by atoms with van der Waals surface area (Å²) in [6.07, 6.45) is 2.10. The zero-order valence-electron chi connectivity index (χ0n) is 9.24. The molecule has 0 fully saturated rings. The Hall–Kier alpha value is -1.06. The lowest BCUT2D eigenvalue weighted by Gasteiger charge is -2.07. The van der Waals surface area contributed by atoms with Crippen LogP contribution in [0.1, 0.15) is 24.0 Å². The van der Waals surface area contributed by atoms with Gasteiger partial charge in [-0.3, -0.25) is 4.79 Å². The SMILES string of the molecule is Cc1cc(CCCC(N)C(=O)O)ccc1Cl. The van der Waals surface area contributed by atoms with Gasteiger partial charge in [-0.25, -0.2) is 0 Å². The summed E-state index contributed by atoms with van der Waals surface area (Å²) in [5.41, 5.74) is 7.62. The number of carboxylic acid groups (broad SMARTS) is 1. The molecule has 0 amide bonds. The summed E-state index contributed by atoms with van der Waals surface area (Å²) >= 11 is 5.91. The van der Waals surface area contributed by atoms with Crippen LogP contribution < -0.4 is 5.73 Å². The van der Waals surface area contributed by atoms with Gasteiger partial charge >= 0.3 is 5.97 Å². The van der Waals surface area contributed by atoms with Crippen molar-refractivity contribution in [3.05, 3.63) is 34.3 Å². The van der Waals surface area contributed by atoms with Gasteiger partial charge in [-0.2, -0.15) is 0 Å². The molecule has 1 atom stereocenters. The molecule has 1 aromatic carbocycles. The van der Waals surface area contributed by atoms with E-state index in [0.29, 0.717) is 6.42 Å². The molecule has 3 N–H and O–H groups in total. The number of hydrogen-bond donors (Lipinski definition) is 2. The Bertz CT molecular complexity index is 379. The third-order valence-electron chi connectivity index (χ3n) is 2.52. The standard InChI is InChI=1S/C12H16ClNO2/c1-8-7-9(5-6-10(8)13)3-2-4-11(14)12(15)16/h5-7,11H,2-4,14H2,1H3,(H,15,16). The molecule has 0 aliphatic carbocycles. The molecule has 0 radical (unpaired) electrons. The van der Waals surface area contributed by atoms with E-state index in [1.807, 2.05) is 25.1 Å². The van der Waals surface area contributed by atoms with E-state index >= 15 is 0 Å². The highest BCUT2D eigenvalue weighted by Gasteiger charge is 2.10. The molecule has 88 valence electrons. The molecule has 0 aliphatic rings. The molecule has 0 bridgehead atoms. The highest BCUT2D eigenvalue weighted by atomic mass is 35.5. The Morgan fingerprint density at radius 2 is 2.25 bits per heavy atom. The van der Waals surface area contributed by atoms with E-state index in [1.54, 1.807) is 0 Å². The minimum absolute atomic E-state index is 0.497. The maximum Gasteiger partial charge on any atom is 0.320 e. The van der Waals surface area contributed by atoms with Crippen molar-refractivity contribution in [1.82, 2.24) is 0 Å². The fraction of sp³-hybridized carbons (Fsp3) is 0.417. The number of aliphatic carboxylic acids is 1. The van der Waals surface area contributed by atoms with Crippen LogP contribution >= 0.6 is 11.6 Å². The molecule has 1 rings (SSSR count). The van der Waals surface area contributed by atoms with Crippen LogP contribution in [0.25, 0.3) is 0 Å². The van der Waals surface area contributed by atoms with Crippen LogP contribution in [-0.2, 0) is 11.2 Å². The normalized spacial score (nSPS) is 12.4. The smallest absolute Gasteiger partial charge is 0.320 e. The van der Waals surface area contributed by atoms with E-state index in [9.17, 15) is 4.79 Å². The van der Waals surface area contributed by atoms with E-state index in [2.05, 4.69) is 0 Å². The molecule has 3 nitrogen and oxygen atoms in total. The molecule has 1 unspecified atom stereocenters. The molecule has 1 aromatic rings. The van der Waals surface area contributed by atoms with Gasteiger partial charge in [0.05, 0.1) is 0 Å². The zero-order valence-corrected chi connectivity index (χ0v) is 10.00. The minimum Gasteiger partial charge on any atom is -0.480 e. The largest absolute Gasteiger partial charge is 0.480 e. The number of nitrogens with two attached hydrogens (primary N) is 1. The van der Waals surface area contributed by atoms with Gasteiger partial charge in [-0.1, -0.05) is 23.7 Å². The lowest BCUT2D eigenvalue weighted by Crippen LogP contribution is -2.29. The van der Waals surface area contributed by atoms with Gasteiger partial charge in [0.1, 0.15) is 6.04 Å². The van der Waals surface area contributed by atoms with E-state index in [4.69, 9.17) is 22.4 Å². The fourth-order valence-corrected chi connectivity index (χ4v) is 1.63. The van der Waals surface area contributed by atoms with Crippen molar-refractivity contribution >= 4 is 17.6 Å². The van der Waals surface area contributed by atoms with Gasteiger partial charge in [0.25, 0.3) is 0 Å². The lowest BCUT2D eigenvalue weighted by atomic mass is 10.0. The average molecular weight is 242 g/mol. The van der Waals surface area contributed by atoms with Crippen molar-refractivity contribution in [3.63, 3.8) is 0 Å². The molecule has 16 heavy (non-hydrogen) atoms. The number of benzene rings is 1. The zero-order chi connectivity index (χ0) is 12.1. The molecule has 0 aromatic heterocycles. The van der Waals surface area contributed by atoms with E-state index in [1.165, 1.54) is 5.56 Å². The van der Waals surface area contributed by atoms with E-state index < -0.39 is 12.0 Å². The van der Waals surface area contributed by atoms with Crippen molar-refractivity contribution in [3.8, 4) is 0 Å². The average Bonchev–Trinajstić information content (AvgIpc) is 2.23. The van der Waals surface area contributed by atoms with Crippen LogP contribution in [0.2, 0.25) is 5.02 Å². The maximum atomic E-state index is 10.5. The summed E-state index contributed by atoms with van der Waals surface area (Å²) < 4.78 is 0. The molecule has 0 aliphatic heterocycles. The molecular weight excluding hydrogens is 226 g/mol. The molecule has 0 spiro atoms. The fourth-order valence-electron chi connectivity index (χ4n) is 1.51. The van der Waals surface area contributed by atoms with Gasteiger partial charge in [0.15, 0.2) is 0 Å². The van der Waals surface area contributed by atoms with Gasteiger partial charge in [0, 0.05) is 5.02 Å². The van der Waals surface area contributed by atoms with Crippen LogP contribution in [0.3, 0.4) is 0 Å². The molecule has 0 saturated carbocycles. The topological polar surface area (TPSA) is 63.3 Å². The number of rotatable bonds is 5. The van der Waals surface area contributed by atoms with Crippen LogP contribution in [0, 0.1) is 6.92 Å². The Labute approximate surface area is 100 Å². The van der Waals surface area contributed by atoms with Crippen molar-refractivity contribution in [1.29, 1.82) is 0 Å². The number of carboxylic acids is 1. The lowest BCUT2D eigenvalue weighted by molar-refractivity contribution is -0.138. The minimum atomic E-state index is -0.938. The summed E-state index contributed by atoms with van der Waals surface area (Å²) in [6, 6.07) is 5.09. The summed E-state index contributed by atoms with van der Waals surface area (Å²) in [4.78, 5) is 10.5. The molecule has 4 heteroatoms.